The fourth-order valence-corrected chi connectivity index (χ4v) is 1.62. The van der Waals surface area contributed by atoms with Crippen LogP contribution in [0.1, 0.15) is 36.7 Å². The minimum atomic E-state index is -0.326. The lowest BCUT2D eigenvalue weighted by Crippen LogP contribution is -2.30. The number of benzene rings is 1. The van der Waals surface area contributed by atoms with Gasteiger partial charge in [-0.05, 0) is 31.0 Å². The highest BCUT2D eigenvalue weighted by atomic mass is 16.5. The molecule has 0 atom stereocenters. The number of rotatable bonds is 7. The molecule has 0 aliphatic heterocycles. The van der Waals surface area contributed by atoms with Gasteiger partial charge in [-0.2, -0.15) is 0 Å². The zero-order chi connectivity index (χ0) is 14.3. The van der Waals surface area contributed by atoms with Crippen LogP contribution in [0.15, 0.2) is 18.2 Å². The molecule has 106 valence electrons. The SMILES string of the molecule is CCOc1ccc(C(=O)NN)cc1COCC(C)C. The molecule has 1 rings (SSSR count). The number of carbonyl (C=O) groups excluding carboxylic acids is 1. The molecular formula is C14H22N2O3. The van der Waals surface area contributed by atoms with Crippen molar-refractivity contribution in [2.45, 2.75) is 27.4 Å². The molecular weight excluding hydrogens is 244 g/mol. The van der Waals surface area contributed by atoms with Crippen molar-refractivity contribution >= 4 is 5.91 Å². The first-order valence-electron chi connectivity index (χ1n) is 6.42. The Labute approximate surface area is 114 Å². The van der Waals surface area contributed by atoms with Gasteiger partial charge in [0.1, 0.15) is 5.75 Å². The second-order valence-electron chi connectivity index (χ2n) is 4.64. The summed E-state index contributed by atoms with van der Waals surface area (Å²) < 4.78 is 11.1. The van der Waals surface area contributed by atoms with Crippen LogP contribution in [0.3, 0.4) is 0 Å². The molecule has 0 aromatic heterocycles. The van der Waals surface area contributed by atoms with E-state index in [1.165, 1.54) is 0 Å². The molecule has 5 nitrogen and oxygen atoms in total. The average Bonchev–Trinajstić information content (AvgIpc) is 2.39. The smallest absolute Gasteiger partial charge is 0.265 e. The monoisotopic (exact) mass is 266 g/mol. The summed E-state index contributed by atoms with van der Waals surface area (Å²) >= 11 is 0. The molecule has 1 amide bonds. The van der Waals surface area contributed by atoms with Crippen molar-refractivity contribution in [3.05, 3.63) is 29.3 Å². The van der Waals surface area contributed by atoms with Crippen molar-refractivity contribution in [2.75, 3.05) is 13.2 Å². The van der Waals surface area contributed by atoms with Crippen LogP contribution in [0.5, 0.6) is 5.75 Å². The van der Waals surface area contributed by atoms with Gasteiger partial charge in [0, 0.05) is 17.7 Å². The summed E-state index contributed by atoms with van der Waals surface area (Å²) in [5, 5.41) is 0. The van der Waals surface area contributed by atoms with Crippen molar-refractivity contribution < 1.29 is 14.3 Å². The number of nitrogen functional groups attached to an aromatic ring is 1. The van der Waals surface area contributed by atoms with Gasteiger partial charge < -0.3 is 9.47 Å². The average molecular weight is 266 g/mol. The van der Waals surface area contributed by atoms with Gasteiger partial charge in [-0.25, -0.2) is 5.84 Å². The van der Waals surface area contributed by atoms with Crippen LogP contribution in [0.25, 0.3) is 0 Å². The Morgan fingerprint density at radius 3 is 2.74 bits per heavy atom. The third-order valence-corrected chi connectivity index (χ3v) is 2.46. The lowest BCUT2D eigenvalue weighted by Gasteiger charge is -2.13. The Kier molecular flexibility index (Phi) is 6.32. The van der Waals surface area contributed by atoms with Gasteiger partial charge in [-0.1, -0.05) is 13.8 Å². The molecule has 0 aliphatic carbocycles. The van der Waals surface area contributed by atoms with Crippen LogP contribution in [0, 0.1) is 5.92 Å². The summed E-state index contributed by atoms with van der Waals surface area (Å²) in [6.07, 6.45) is 0. The topological polar surface area (TPSA) is 73.6 Å². The van der Waals surface area contributed by atoms with Gasteiger partial charge in [-0.15, -0.1) is 0 Å². The minimum absolute atomic E-state index is 0.326. The van der Waals surface area contributed by atoms with E-state index in [2.05, 4.69) is 19.3 Å². The molecule has 0 spiro atoms. The summed E-state index contributed by atoms with van der Waals surface area (Å²) in [4.78, 5) is 11.5. The predicted octanol–water partition coefficient (Wildman–Crippen LogP) is 1.86. The van der Waals surface area contributed by atoms with E-state index in [1.807, 2.05) is 6.92 Å². The van der Waals surface area contributed by atoms with Crippen molar-refractivity contribution in [1.82, 2.24) is 5.43 Å². The number of ether oxygens (including phenoxy) is 2. The molecule has 0 heterocycles. The Balaban J connectivity index is 2.85. The largest absolute Gasteiger partial charge is 0.494 e. The van der Waals surface area contributed by atoms with Crippen LogP contribution in [-0.4, -0.2) is 19.1 Å². The highest BCUT2D eigenvalue weighted by Gasteiger charge is 2.10. The van der Waals surface area contributed by atoms with E-state index in [0.717, 1.165) is 11.3 Å². The second kappa shape index (κ2) is 7.76. The predicted molar refractivity (Wildman–Crippen MR) is 73.8 cm³/mol. The van der Waals surface area contributed by atoms with Crippen molar-refractivity contribution in [1.29, 1.82) is 0 Å². The van der Waals surface area contributed by atoms with Gasteiger partial charge in [0.2, 0.25) is 0 Å². The Morgan fingerprint density at radius 1 is 1.42 bits per heavy atom. The highest BCUT2D eigenvalue weighted by Crippen LogP contribution is 2.21. The number of amides is 1. The fraction of sp³-hybridized carbons (Fsp3) is 0.500. The Hall–Kier alpha value is -1.59. The maximum absolute atomic E-state index is 11.5. The molecule has 0 radical (unpaired) electrons. The molecule has 1 aromatic rings. The number of hydrogen-bond acceptors (Lipinski definition) is 4. The van der Waals surface area contributed by atoms with E-state index in [1.54, 1.807) is 18.2 Å². The van der Waals surface area contributed by atoms with Gasteiger partial charge >= 0.3 is 0 Å². The third kappa shape index (κ3) is 4.89. The van der Waals surface area contributed by atoms with Crippen LogP contribution >= 0.6 is 0 Å². The van der Waals surface area contributed by atoms with E-state index in [9.17, 15) is 4.79 Å². The van der Waals surface area contributed by atoms with Crippen LogP contribution in [0.2, 0.25) is 0 Å². The van der Waals surface area contributed by atoms with Crippen molar-refractivity contribution in [3.63, 3.8) is 0 Å². The zero-order valence-corrected chi connectivity index (χ0v) is 11.7. The van der Waals surface area contributed by atoms with Gasteiger partial charge in [-0.3, -0.25) is 10.2 Å². The molecule has 5 heteroatoms. The van der Waals surface area contributed by atoms with E-state index < -0.39 is 0 Å². The van der Waals surface area contributed by atoms with Crippen molar-refractivity contribution in [3.8, 4) is 5.75 Å². The lowest BCUT2D eigenvalue weighted by atomic mass is 10.1. The highest BCUT2D eigenvalue weighted by molar-refractivity contribution is 5.94. The van der Waals surface area contributed by atoms with E-state index >= 15 is 0 Å². The lowest BCUT2D eigenvalue weighted by molar-refractivity contribution is 0.0936. The van der Waals surface area contributed by atoms with Gasteiger partial charge in [0.05, 0.1) is 13.2 Å². The van der Waals surface area contributed by atoms with Crippen LogP contribution < -0.4 is 16.0 Å². The zero-order valence-electron chi connectivity index (χ0n) is 11.7. The molecule has 19 heavy (non-hydrogen) atoms. The van der Waals surface area contributed by atoms with E-state index in [4.69, 9.17) is 15.3 Å². The molecule has 0 bridgehead atoms. The summed E-state index contributed by atoms with van der Waals surface area (Å²) in [5.74, 6) is 6.00. The maximum Gasteiger partial charge on any atom is 0.265 e. The van der Waals surface area contributed by atoms with E-state index in [0.29, 0.717) is 31.3 Å². The molecule has 0 fully saturated rings. The van der Waals surface area contributed by atoms with E-state index in [-0.39, 0.29) is 5.91 Å². The number of hydrogen-bond donors (Lipinski definition) is 2. The normalized spacial score (nSPS) is 10.6. The van der Waals surface area contributed by atoms with Crippen LogP contribution in [0.4, 0.5) is 0 Å². The standard InChI is InChI=1S/C14H22N2O3/c1-4-19-13-6-5-11(14(17)16-15)7-12(13)9-18-8-10(2)3/h5-7,10H,4,8-9,15H2,1-3H3,(H,16,17). The summed E-state index contributed by atoms with van der Waals surface area (Å²) in [5.41, 5.74) is 3.46. The molecule has 0 aliphatic rings. The van der Waals surface area contributed by atoms with Gasteiger partial charge in [0.15, 0.2) is 0 Å². The maximum atomic E-state index is 11.5. The molecule has 0 saturated carbocycles. The summed E-state index contributed by atoms with van der Waals surface area (Å²) in [6, 6.07) is 5.19. The summed E-state index contributed by atoms with van der Waals surface area (Å²) in [6.45, 7) is 7.74. The number of carbonyl (C=O) groups is 1. The first-order chi connectivity index (χ1) is 9.08. The Bertz CT molecular complexity index is 419. The Morgan fingerprint density at radius 2 is 2.16 bits per heavy atom. The number of hydrazine groups is 1. The third-order valence-electron chi connectivity index (χ3n) is 2.46. The second-order valence-corrected chi connectivity index (χ2v) is 4.64. The minimum Gasteiger partial charge on any atom is -0.494 e. The first kappa shape index (κ1) is 15.5. The van der Waals surface area contributed by atoms with Crippen molar-refractivity contribution in [2.24, 2.45) is 11.8 Å². The number of nitrogens with two attached hydrogens (primary N) is 1. The number of nitrogens with one attached hydrogen (secondary N) is 1. The summed E-state index contributed by atoms with van der Waals surface area (Å²) in [7, 11) is 0. The first-order valence-corrected chi connectivity index (χ1v) is 6.42. The molecule has 0 unspecified atom stereocenters. The molecule has 3 N–H and O–H groups in total. The van der Waals surface area contributed by atoms with Crippen LogP contribution in [-0.2, 0) is 11.3 Å². The molecule has 1 aromatic carbocycles. The fourth-order valence-electron chi connectivity index (χ4n) is 1.62. The molecule has 0 saturated heterocycles. The van der Waals surface area contributed by atoms with Gasteiger partial charge in [0.25, 0.3) is 5.91 Å². The quantitative estimate of drug-likeness (QED) is 0.449.